The lowest BCUT2D eigenvalue weighted by Crippen LogP contribution is -2.41. The molecule has 0 aliphatic rings. The number of halogens is 5. The molecular formula is C18H17Cl2F3N2O5S. The molecule has 0 saturated heterocycles. The summed E-state index contributed by atoms with van der Waals surface area (Å²) < 4.78 is 58.5. The number of nitrogens with one attached hydrogen (secondary N) is 2. The van der Waals surface area contributed by atoms with Crippen molar-refractivity contribution >= 4 is 50.8 Å². The third kappa shape index (κ3) is 8.27. The highest BCUT2D eigenvalue weighted by Gasteiger charge is 2.38. The van der Waals surface area contributed by atoms with Crippen LogP contribution in [0.2, 0.25) is 10.0 Å². The molecule has 0 aliphatic carbocycles. The molecule has 170 valence electrons. The Morgan fingerprint density at radius 3 is 2.13 bits per heavy atom. The van der Waals surface area contributed by atoms with Crippen LogP contribution in [0.15, 0.2) is 47.4 Å². The molecule has 1 atom stereocenters. The van der Waals surface area contributed by atoms with Crippen molar-refractivity contribution in [2.75, 3.05) is 5.32 Å². The van der Waals surface area contributed by atoms with E-state index in [1.54, 1.807) is 37.3 Å². The van der Waals surface area contributed by atoms with Crippen molar-refractivity contribution < 1.29 is 36.3 Å². The summed E-state index contributed by atoms with van der Waals surface area (Å²) in [6.45, 7) is 3.20. The van der Waals surface area contributed by atoms with Gasteiger partial charge in [-0.25, -0.2) is 17.9 Å². The molecule has 0 saturated carbocycles. The second-order valence-electron chi connectivity index (χ2n) is 6.03. The summed E-state index contributed by atoms with van der Waals surface area (Å²) in [6, 6.07) is 10.4. The summed E-state index contributed by atoms with van der Waals surface area (Å²) in [7, 11) is -3.94. The van der Waals surface area contributed by atoms with E-state index in [2.05, 4.69) is 10.0 Å². The number of hydrogen-bond donors (Lipinski definition) is 3. The van der Waals surface area contributed by atoms with E-state index < -0.39 is 34.1 Å². The SMILES string of the molecule is Cc1ccccc1S(=O)(=O)NC(=O)C(C)Nc1ccc(Cl)cc1Cl.O=C(O)C(F)(F)F. The quantitative estimate of drug-likeness (QED) is 0.565. The van der Waals surface area contributed by atoms with E-state index >= 15 is 0 Å². The molecule has 3 N–H and O–H groups in total. The van der Waals surface area contributed by atoms with Gasteiger partial charge in [-0.2, -0.15) is 13.2 Å². The first-order valence-corrected chi connectivity index (χ1v) is 10.5. The monoisotopic (exact) mass is 500 g/mol. The predicted octanol–water partition coefficient (Wildman–Crippen LogP) is 4.24. The molecule has 0 aromatic heterocycles. The Balaban J connectivity index is 0.000000592. The Hall–Kier alpha value is -2.50. The molecule has 2 rings (SSSR count). The lowest BCUT2D eigenvalue weighted by atomic mass is 10.2. The first kappa shape index (κ1) is 26.5. The molecule has 0 aliphatic heterocycles. The summed E-state index contributed by atoms with van der Waals surface area (Å²) in [6.07, 6.45) is -5.08. The van der Waals surface area contributed by atoms with E-state index in [4.69, 9.17) is 33.1 Å². The highest BCUT2D eigenvalue weighted by Crippen LogP contribution is 2.26. The zero-order valence-electron chi connectivity index (χ0n) is 16.0. The number of anilines is 1. The minimum absolute atomic E-state index is 0.0649. The van der Waals surface area contributed by atoms with Crippen LogP contribution in [0.3, 0.4) is 0 Å². The number of rotatable bonds is 5. The van der Waals surface area contributed by atoms with Crippen molar-refractivity contribution in [3.05, 3.63) is 58.1 Å². The fraction of sp³-hybridized carbons (Fsp3) is 0.222. The Kier molecular flexibility index (Phi) is 9.15. The number of alkyl halides is 3. The average molecular weight is 501 g/mol. The largest absolute Gasteiger partial charge is 0.490 e. The maximum absolute atomic E-state index is 12.3. The van der Waals surface area contributed by atoms with Crippen molar-refractivity contribution in [1.29, 1.82) is 0 Å². The number of benzene rings is 2. The molecule has 1 amide bonds. The van der Waals surface area contributed by atoms with Gasteiger partial charge in [-0.1, -0.05) is 41.4 Å². The maximum atomic E-state index is 12.3. The first-order valence-electron chi connectivity index (χ1n) is 8.29. The Bertz CT molecular complexity index is 1060. The van der Waals surface area contributed by atoms with Gasteiger partial charge in [-0.3, -0.25) is 4.79 Å². The fourth-order valence-electron chi connectivity index (χ4n) is 2.04. The number of sulfonamides is 1. The van der Waals surface area contributed by atoms with Crippen LogP contribution in [0.4, 0.5) is 18.9 Å². The van der Waals surface area contributed by atoms with Crippen LogP contribution in [0.5, 0.6) is 0 Å². The van der Waals surface area contributed by atoms with Gasteiger partial charge in [0.1, 0.15) is 6.04 Å². The molecule has 0 radical (unpaired) electrons. The van der Waals surface area contributed by atoms with Gasteiger partial charge in [0.15, 0.2) is 0 Å². The summed E-state index contributed by atoms with van der Waals surface area (Å²) >= 11 is 11.8. The third-order valence-electron chi connectivity index (χ3n) is 3.56. The van der Waals surface area contributed by atoms with Gasteiger partial charge in [-0.05, 0) is 43.7 Å². The minimum Gasteiger partial charge on any atom is -0.475 e. The molecule has 0 spiro atoms. The predicted molar refractivity (Wildman–Crippen MR) is 110 cm³/mol. The van der Waals surface area contributed by atoms with Crippen molar-refractivity contribution in [3.8, 4) is 0 Å². The van der Waals surface area contributed by atoms with Gasteiger partial charge in [0.2, 0.25) is 0 Å². The van der Waals surface area contributed by atoms with Gasteiger partial charge in [0.25, 0.3) is 15.9 Å². The zero-order chi connectivity index (χ0) is 24.0. The smallest absolute Gasteiger partial charge is 0.475 e. The van der Waals surface area contributed by atoms with Gasteiger partial charge in [0, 0.05) is 5.02 Å². The van der Waals surface area contributed by atoms with Crippen LogP contribution in [-0.2, 0) is 19.6 Å². The zero-order valence-corrected chi connectivity index (χ0v) is 18.3. The van der Waals surface area contributed by atoms with Gasteiger partial charge in [-0.15, -0.1) is 0 Å². The van der Waals surface area contributed by atoms with Crippen LogP contribution in [0.25, 0.3) is 0 Å². The van der Waals surface area contributed by atoms with Crippen molar-refractivity contribution in [3.63, 3.8) is 0 Å². The number of amides is 1. The van der Waals surface area contributed by atoms with Crippen molar-refractivity contribution in [2.24, 2.45) is 0 Å². The number of carbonyl (C=O) groups excluding carboxylic acids is 1. The molecule has 2 aromatic carbocycles. The summed E-state index contributed by atoms with van der Waals surface area (Å²) in [5.41, 5.74) is 1.04. The molecule has 2 aromatic rings. The molecule has 31 heavy (non-hydrogen) atoms. The Labute approximate surface area is 186 Å². The average Bonchev–Trinajstić information content (AvgIpc) is 2.63. The van der Waals surface area contributed by atoms with E-state index in [0.29, 0.717) is 21.3 Å². The first-order chi connectivity index (χ1) is 14.1. The minimum atomic E-state index is -5.08. The van der Waals surface area contributed by atoms with Crippen LogP contribution >= 0.6 is 23.2 Å². The number of aryl methyl sites for hydroxylation is 1. The van der Waals surface area contributed by atoms with Gasteiger partial charge < -0.3 is 10.4 Å². The van der Waals surface area contributed by atoms with E-state index in [-0.39, 0.29) is 4.90 Å². The molecule has 1 unspecified atom stereocenters. The van der Waals surface area contributed by atoms with Crippen LogP contribution in [0, 0.1) is 6.92 Å². The van der Waals surface area contributed by atoms with Crippen LogP contribution < -0.4 is 10.0 Å². The standard InChI is InChI=1S/C16H16Cl2N2O3S.C2HF3O2/c1-10-5-3-4-6-15(10)24(22,23)20-16(21)11(2)19-14-8-7-12(17)9-13(14)18;3-2(4,5)1(6)7/h3-9,11,19H,1-2H3,(H,20,21);(H,6,7). The molecule has 0 fully saturated rings. The van der Waals surface area contributed by atoms with Gasteiger partial charge >= 0.3 is 12.1 Å². The second-order valence-corrected chi connectivity index (χ2v) is 8.52. The van der Waals surface area contributed by atoms with E-state index in [1.807, 2.05) is 0 Å². The van der Waals surface area contributed by atoms with Crippen LogP contribution in [-0.4, -0.2) is 37.6 Å². The summed E-state index contributed by atoms with van der Waals surface area (Å²) in [5.74, 6) is -3.45. The number of carboxylic acids is 1. The highest BCUT2D eigenvalue weighted by atomic mass is 35.5. The van der Waals surface area contributed by atoms with Crippen molar-refractivity contribution in [1.82, 2.24) is 4.72 Å². The highest BCUT2D eigenvalue weighted by molar-refractivity contribution is 7.90. The molecular weight excluding hydrogens is 484 g/mol. The number of carboxylic acid groups (broad SMARTS) is 1. The number of aliphatic carboxylic acids is 1. The van der Waals surface area contributed by atoms with E-state index in [1.165, 1.54) is 19.1 Å². The lowest BCUT2D eigenvalue weighted by molar-refractivity contribution is -0.192. The number of hydrogen-bond acceptors (Lipinski definition) is 5. The fourth-order valence-corrected chi connectivity index (χ4v) is 3.80. The molecule has 0 heterocycles. The van der Waals surface area contributed by atoms with Gasteiger partial charge in [0.05, 0.1) is 15.6 Å². The lowest BCUT2D eigenvalue weighted by Gasteiger charge is -2.17. The van der Waals surface area contributed by atoms with E-state index in [9.17, 15) is 26.4 Å². The Morgan fingerprint density at radius 2 is 1.65 bits per heavy atom. The molecule has 7 nitrogen and oxygen atoms in total. The summed E-state index contributed by atoms with van der Waals surface area (Å²) in [5, 5.41) is 10.8. The summed E-state index contributed by atoms with van der Waals surface area (Å²) in [4.78, 5) is 21.2. The second kappa shape index (κ2) is 10.7. The van der Waals surface area contributed by atoms with E-state index in [0.717, 1.165) is 0 Å². The Morgan fingerprint density at radius 1 is 1.10 bits per heavy atom. The number of carbonyl (C=O) groups is 2. The maximum Gasteiger partial charge on any atom is 0.490 e. The normalized spacial score (nSPS) is 12.2. The van der Waals surface area contributed by atoms with Crippen molar-refractivity contribution in [2.45, 2.75) is 31.0 Å². The molecule has 13 heteroatoms. The van der Waals surface area contributed by atoms with Crippen LogP contribution in [0.1, 0.15) is 12.5 Å². The molecule has 0 bridgehead atoms. The third-order valence-corrected chi connectivity index (χ3v) is 5.61. The topological polar surface area (TPSA) is 113 Å².